The fourth-order valence-electron chi connectivity index (χ4n) is 3.30. The van der Waals surface area contributed by atoms with E-state index in [1.807, 2.05) is 16.7 Å². The molecular weight excluding hydrogens is 412 g/mol. The first-order valence-corrected chi connectivity index (χ1v) is 11.2. The number of halogens is 2. The van der Waals surface area contributed by atoms with Gasteiger partial charge in [0, 0.05) is 38.8 Å². The molecule has 1 aliphatic rings. The molecule has 1 heterocycles. The van der Waals surface area contributed by atoms with Gasteiger partial charge in [0.1, 0.15) is 11.6 Å². The second-order valence-electron chi connectivity index (χ2n) is 6.93. The van der Waals surface area contributed by atoms with Crippen LogP contribution in [0.3, 0.4) is 0 Å². The van der Waals surface area contributed by atoms with Crippen LogP contribution >= 0.6 is 0 Å². The van der Waals surface area contributed by atoms with E-state index in [1.54, 1.807) is 12.1 Å². The van der Waals surface area contributed by atoms with Crippen molar-refractivity contribution in [3.8, 4) is 0 Å². The summed E-state index contributed by atoms with van der Waals surface area (Å²) in [5.74, 6) is -0.233. The van der Waals surface area contributed by atoms with Gasteiger partial charge in [-0.05, 0) is 36.8 Å². The Bertz CT molecular complexity index is 1020. The van der Waals surface area contributed by atoms with E-state index in [1.165, 1.54) is 18.2 Å². The first kappa shape index (κ1) is 22.0. The van der Waals surface area contributed by atoms with Crippen molar-refractivity contribution < 1.29 is 17.2 Å². The lowest BCUT2D eigenvalue weighted by atomic mass is 10.2. The van der Waals surface area contributed by atoms with Crippen LogP contribution in [0, 0.1) is 11.6 Å². The number of benzene rings is 2. The standard InChI is InChI=1S/C20H25F2N5O2S/c1-2-24-20(25-14-15-4-3-5-17(12-15)30(23,28)29)27-10-8-26(9-11-27)19-13-16(21)6-7-18(19)22/h3-7,12-13H,2,8-11,14H2,1H3,(H,24,25)(H2,23,28,29). The van der Waals surface area contributed by atoms with E-state index in [-0.39, 0.29) is 17.1 Å². The van der Waals surface area contributed by atoms with Crippen molar-refractivity contribution in [2.45, 2.75) is 18.4 Å². The van der Waals surface area contributed by atoms with E-state index < -0.39 is 21.7 Å². The van der Waals surface area contributed by atoms with Crippen LogP contribution in [-0.4, -0.2) is 52.0 Å². The lowest BCUT2D eigenvalue weighted by molar-refractivity contribution is 0.370. The number of nitrogens with zero attached hydrogens (tertiary/aromatic N) is 3. The zero-order valence-corrected chi connectivity index (χ0v) is 17.5. The summed E-state index contributed by atoms with van der Waals surface area (Å²) in [5, 5.41) is 8.41. The van der Waals surface area contributed by atoms with Gasteiger partial charge in [0.05, 0.1) is 17.1 Å². The first-order valence-electron chi connectivity index (χ1n) is 9.63. The molecule has 10 heteroatoms. The molecule has 0 aliphatic carbocycles. The number of hydrogen-bond acceptors (Lipinski definition) is 4. The van der Waals surface area contributed by atoms with E-state index in [4.69, 9.17) is 5.14 Å². The van der Waals surface area contributed by atoms with Gasteiger partial charge in [0.25, 0.3) is 0 Å². The summed E-state index contributed by atoms with van der Waals surface area (Å²) in [7, 11) is -3.77. The average molecular weight is 438 g/mol. The summed E-state index contributed by atoms with van der Waals surface area (Å²) in [6, 6.07) is 9.82. The van der Waals surface area contributed by atoms with Crippen LogP contribution in [0.2, 0.25) is 0 Å². The molecule has 2 aromatic rings. The quantitative estimate of drug-likeness (QED) is 0.551. The molecule has 0 aromatic heterocycles. The zero-order chi connectivity index (χ0) is 21.7. The topological polar surface area (TPSA) is 91.0 Å². The van der Waals surface area contributed by atoms with Crippen molar-refractivity contribution in [2.24, 2.45) is 10.1 Å². The molecule has 7 nitrogen and oxygen atoms in total. The Morgan fingerprint density at radius 3 is 2.53 bits per heavy atom. The summed E-state index contributed by atoms with van der Waals surface area (Å²) < 4.78 is 50.6. The van der Waals surface area contributed by atoms with E-state index in [0.717, 1.165) is 17.7 Å². The van der Waals surface area contributed by atoms with Crippen molar-refractivity contribution in [2.75, 3.05) is 37.6 Å². The molecule has 1 aliphatic heterocycles. The highest BCUT2D eigenvalue weighted by molar-refractivity contribution is 7.89. The number of guanidine groups is 1. The number of nitrogens with two attached hydrogens (primary N) is 1. The predicted octanol–water partition coefficient (Wildman–Crippen LogP) is 1.90. The maximum absolute atomic E-state index is 14.0. The van der Waals surface area contributed by atoms with Crippen LogP contribution in [0.5, 0.6) is 0 Å². The molecule has 0 unspecified atom stereocenters. The third-order valence-electron chi connectivity index (χ3n) is 4.80. The summed E-state index contributed by atoms with van der Waals surface area (Å²) >= 11 is 0. The van der Waals surface area contributed by atoms with Gasteiger partial charge in [-0.3, -0.25) is 0 Å². The molecule has 0 radical (unpaired) electrons. The Balaban J connectivity index is 1.69. The number of aliphatic imine (C=N–C) groups is 1. The number of anilines is 1. The van der Waals surface area contributed by atoms with Crippen LogP contribution in [-0.2, 0) is 16.6 Å². The Kier molecular flexibility index (Phi) is 6.88. The Morgan fingerprint density at radius 1 is 1.13 bits per heavy atom. The maximum Gasteiger partial charge on any atom is 0.238 e. The molecule has 0 bridgehead atoms. The van der Waals surface area contributed by atoms with Crippen molar-refractivity contribution in [3.05, 3.63) is 59.7 Å². The highest BCUT2D eigenvalue weighted by Crippen LogP contribution is 2.22. The minimum atomic E-state index is -3.77. The fourth-order valence-corrected chi connectivity index (χ4v) is 3.88. The molecule has 3 rings (SSSR count). The third kappa shape index (κ3) is 5.45. The molecule has 2 aromatic carbocycles. The van der Waals surface area contributed by atoms with Crippen LogP contribution in [0.25, 0.3) is 0 Å². The van der Waals surface area contributed by atoms with Crippen LogP contribution < -0.4 is 15.4 Å². The molecule has 30 heavy (non-hydrogen) atoms. The van der Waals surface area contributed by atoms with Crippen LogP contribution in [0.4, 0.5) is 14.5 Å². The lowest BCUT2D eigenvalue weighted by Crippen LogP contribution is -2.52. The van der Waals surface area contributed by atoms with Crippen molar-refractivity contribution in [1.82, 2.24) is 10.2 Å². The average Bonchev–Trinajstić information content (AvgIpc) is 2.73. The second kappa shape index (κ2) is 9.40. The van der Waals surface area contributed by atoms with Gasteiger partial charge in [-0.1, -0.05) is 12.1 Å². The molecule has 0 saturated carbocycles. The number of rotatable bonds is 5. The van der Waals surface area contributed by atoms with Gasteiger partial charge in [0.2, 0.25) is 10.0 Å². The molecule has 0 atom stereocenters. The third-order valence-corrected chi connectivity index (χ3v) is 5.71. The van der Waals surface area contributed by atoms with Gasteiger partial charge in [-0.15, -0.1) is 0 Å². The number of piperazine rings is 1. The fraction of sp³-hybridized carbons (Fsp3) is 0.350. The molecule has 0 amide bonds. The summed E-state index contributed by atoms with van der Waals surface area (Å²) in [6.45, 7) is 5.10. The summed E-state index contributed by atoms with van der Waals surface area (Å²) in [5.41, 5.74) is 0.980. The smallest absolute Gasteiger partial charge is 0.238 e. The van der Waals surface area contributed by atoms with Crippen LogP contribution in [0.1, 0.15) is 12.5 Å². The molecule has 1 fully saturated rings. The zero-order valence-electron chi connectivity index (χ0n) is 16.7. The van der Waals surface area contributed by atoms with Crippen molar-refractivity contribution in [3.63, 3.8) is 0 Å². The van der Waals surface area contributed by atoms with Gasteiger partial charge in [-0.25, -0.2) is 27.3 Å². The van der Waals surface area contributed by atoms with Gasteiger partial charge in [-0.2, -0.15) is 0 Å². The van der Waals surface area contributed by atoms with E-state index in [9.17, 15) is 17.2 Å². The van der Waals surface area contributed by atoms with Gasteiger partial charge < -0.3 is 15.1 Å². The highest BCUT2D eigenvalue weighted by atomic mass is 32.2. The van der Waals surface area contributed by atoms with E-state index in [0.29, 0.717) is 38.7 Å². The minimum absolute atomic E-state index is 0.0472. The molecule has 1 saturated heterocycles. The van der Waals surface area contributed by atoms with Crippen LogP contribution in [0.15, 0.2) is 52.4 Å². The lowest BCUT2D eigenvalue weighted by Gasteiger charge is -2.37. The second-order valence-corrected chi connectivity index (χ2v) is 8.49. The van der Waals surface area contributed by atoms with Crippen molar-refractivity contribution in [1.29, 1.82) is 0 Å². The number of nitrogens with one attached hydrogen (secondary N) is 1. The Hall–Kier alpha value is -2.72. The first-order chi connectivity index (χ1) is 14.3. The van der Waals surface area contributed by atoms with E-state index >= 15 is 0 Å². The normalized spacial score (nSPS) is 15.4. The monoisotopic (exact) mass is 437 g/mol. The van der Waals surface area contributed by atoms with Gasteiger partial charge >= 0.3 is 0 Å². The molecular formula is C20H25F2N5O2S. The van der Waals surface area contributed by atoms with E-state index in [2.05, 4.69) is 10.3 Å². The number of hydrogen-bond donors (Lipinski definition) is 2. The maximum atomic E-state index is 14.0. The summed E-state index contributed by atoms with van der Waals surface area (Å²) in [6.07, 6.45) is 0. The Morgan fingerprint density at radius 2 is 1.87 bits per heavy atom. The van der Waals surface area contributed by atoms with Gasteiger partial charge in [0.15, 0.2) is 5.96 Å². The molecule has 3 N–H and O–H groups in total. The molecule has 0 spiro atoms. The highest BCUT2D eigenvalue weighted by Gasteiger charge is 2.22. The predicted molar refractivity (Wildman–Crippen MR) is 113 cm³/mol. The number of primary sulfonamides is 1. The SMILES string of the molecule is CCNC(=NCc1cccc(S(N)(=O)=O)c1)N1CCN(c2cc(F)ccc2F)CC1. The van der Waals surface area contributed by atoms with Crippen molar-refractivity contribution >= 4 is 21.7 Å². The largest absolute Gasteiger partial charge is 0.366 e. The summed E-state index contributed by atoms with van der Waals surface area (Å²) in [4.78, 5) is 8.51. The molecule has 162 valence electrons. The minimum Gasteiger partial charge on any atom is -0.366 e. The Labute approximate surface area is 175 Å². The number of sulfonamides is 1.